The number of furan rings is 1. The molecule has 3 rings (SSSR count). The van der Waals surface area contributed by atoms with Gasteiger partial charge in [0.25, 0.3) is 0 Å². The van der Waals surface area contributed by atoms with Crippen LogP contribution in [-0.4, -0.2) is 53.1 Å². The maximum Gasteiger partial charge on any atom is 0.317 e. The first-order chi connectivity index (χ1) is 12.1. The molecule has 136 valence electrons. The number of rotatable bonds is 7. The van der Waals surface area contributed by atoms with Crippen LogP contribution in [0.25, 0.3) is 11.0 Å². The van der Waals surface area contributed by atoms with Crippen LogP contribution in [0.3, 0.4) is 0 Å². The Morgan fingerprint density at radius 3 is 2.64 bits per heavy atom. The molecule has 0 atom stereocenters. The third kappa shape index (κ3) is 4.05. The Hall–Kier alpha value is -1.85. The molecule has 2 heterocycles. The highest BCUT2D eigenvalue weighted by Crippen LogP contribution is 2.28. The van der Waals surface area contributed by atoms with Crippen molar-refractivity contribution in [3.63, 3.8) is 0 Å². The molecule has 5 heteroatoms. The number of carbonyl (C=O) groups is 1. The normalized spacial score (nSPS) is 16.8. The topological polar surface area (TPSA) is 56.9 Å². The standard InChI is InChI=1S/C20H28N2O3/c1-3-18-17(16-7-5-6-8-19(16)25-18)13-21-11-9-15(10-12-21)22(4-2)14-20(23)24/h5-8,15H,3-4,9-14H2,1-2H3,(H,23,24). The second-order valence-electron chi connectivity index (χ2n) is 6.82. The van der Waals surface area contributed by atoms with Gasteiger partial charge in [0.2, 0.25) is 0 Å². The van der Waals surface area contributed by atoms with Crippen LogP contribution in [0.2, 0.25) is 0 Å². The smallest absolute Gasteiger partial charge is 0.317 e. The quantitative estimate of drug-likeness (QED) is 0.834. The molecule has 1 N–H and O–H groups in total. The van der Waals surface area contributed by atoms with Gasteiger partial charge >= 0.3 is 5.97 Å². The maximum absolute atomic E-state index is 11.0. The molecule has 1 saturated heterocycles. The summed E-state index contributed by atoms with van der Waals surface area (Å²) in [6, 6.07) is 8.64. The first-order valence-electron chi connectivity index (χ1n) is 9.29. The van der Waals surface area contributed by atoms with E-state index in [-0.39, 0.29) is 6.54 Å². The Balaban J connectivity index is 1.65. The van der Waals surface area contributed by atoms with E-state index in [0.717, 1.165) is 56.8 Å². The van der Waals surface area contributed by atoms with Crippen molar-refractivity contribution >= 4 is 16.9 Å². The van der Waals surface area contributed by atoms with Crippen LogP contribution in [0.5, 0.6) is 0 Å². The first-order valence-corrected chi connectivity index (χ1v) is 9.29. The summed E-state index contributed by atoms with van der Waals surface area (Å²) >= 11 is 0. The predicted molar refractivity (Wildman–Crippen MR) is 98.8 cm³/mol. The Labute approximate surface area is 149 Å². The fraction of sp³-hybridized carbons (Fsp3) is 0.550. The van der Waals surface area contributed by atoms with Crippen molar-refractivity contribution in [3.8, 4) is 0 Å². The average molecular weight is 344 g/mol. The summed E-state index contributed by atoms with van der Waals surface area (Å²) in [6.45, 7) is 8.04. The van der Waals surface area contributed by atoms with Crippen LogP contribution in [0.4, 0.5) is 0 Å². The molecule has 0 spiro atoms. The minimum Gasteiger partial charge on any atom is -0.480 e. The lowest BCUT2D eigenvalue weighted by atomic mass is 10.0. The van der Waals surface area contributed by atoms with Gasteiger partial charge in [-0.3, -0.25) is 14.6 Å². The largest absolute Gasteiger partial charge is 0.480 e. The van der Waals surface area contributed by atoms with E-state index in [1.54, 1.807) is 0 Å². The van der Waals surface area contributed by atoms with E-state index < -0.39 is 5.97 Å². The summed E-state index contributed by atoms with van der Waals surface area (Å²) in [4.78, 5) is 15.6. The van der Waals surface area contributed by atoms with Crippen molar-refractivity contribution in [1.82, 2.24) is 9.80 Å². The zero-order chi connectivity index (χ0) is 17.8. The molecule has 2 aromatic rings. The number of aliphatic carboxylic acids is 1. The Morgan fingerprint density at radius 2 is 2.00 bits per heavy atom. The van der Waals surface area contributed by atoms with E-state index in [4.69, 9.17) is 9.52 Å². The molecule has 25 heavy (non-hydrogen) atoms. The van der Waals surface area contributed by atoms with Crippen molar-refractivity contribution in [2.75, 3.05) is 26.2 Å². The number of carboxylic acid groups (broad SMARTS) is 1. The zero-order valence-electron chi connectivity index (χ0n) is 15.2. The van der Waals surface area contributed by atoms with Gasteiger partial charge in [-0.05, 0) is 38.5 Å². The van der Waals surface area contributed by atoms with E-state index >= 15 is 0 Å². The van der Waals surface area contributed by atoms with E-state index in [1.165, 1.54) is 10.9 Å². The predicted octanol–water partition coefficient (Wildman–Crippen LogP) is 3.37. The fourth-order valence-electron chi connectivity index (χ4n) is 3.95. The van der Waals surface area contributed by atoms with Crippen LogP contribution < -0.4 is 0 Å². The molecule has 5 nitrogen and oxygen atoms in total. The average Bonchev–Trinajstić information content (AvgIpc) is 2.98. The van der Waals surface area contributed by atoms with Crippen LogP contribution in [0.1, 0.15) is 38.0 Å². The molecule has 0 radical (unpaired) electrons. The van der Waals surface area contributed by atoms with Gasteiger partial charge in [0.15, 0.2) is 0 Å². The fourth-order valence-corrected chi connectivity index (χ4v) is 3.95. The summed E-state index contributed by atoms with van der Waals surface area (Å²) in [5.41, 5.74) is 2.29. The molecule has 1 aliphatic rings. The van der Waals surface area contributed by atoms with Gasteiger partial charge in [0.1, 0.15) is 11.3 Å². The molecular formula is C20H28N2O3. The van der Waals surface area contributed by atoms with Crippen molar-refractivity contribution in [2.24, 2.45) is 0 Å². The Morgan fingerprint density at radius 1 is 1.28 bits per heavy atom. The van der Waals surface area contributed by atoms with E-state index in [2.05, 4.69) is 28.9 Å². The van der Waals surface area contributed by atoms with Gasteiger partial charge in [-0.1, -0.05) is 32.0 Å². The van der Waals surface area contributed by atoms with Gasteiger partial charge in [-0.15, -0.1) is 0 Å². The Bertz CT molecular complexity index is 717. The summed E-state index contributed by atoms with van der Waals surface area (Å²) in [6.07, 6.45) is 2.96. The molecule has 0 bridgehead atoms. The number of likely N-dealkylation sites (tertiary alicyclic amines) is 1. The van der Waals surface area contributed by atoms with Crippen molar-refractivity contribution in [1.29, 1.82) is 0 Å². The van der Waals surface area contributed by atoms with Crippen LogP contribution in [-0.2, 0) is 17.8 Å². The number of benzene rings is 1. The summed E-state index contributed by atoms with van der Waals surface area (Å²) in [7, 11) is 0. The summed E-state index contributed by atoms with van der Waals surface area (Å²) in [5, 5.41) is 10.3. The number of carboxylic acids is 1. The van der Waals surface area contributed by atoms with Gasteiger partial charge in [-0.25, -0.2) is 0 Å². The molecule has 1 aliphatic heterocycles. The number of nitrogens with zero attached hydrogens (tertiary/aromatic N) is 2. The van der Waals surface area contributed by atoms with Crippen LogP contribution in [0, 0.1) is 0 Å². The minimum atomic E-state index is -0.735. The number of para-hydroxylation sites is 1. The van der Waals surface area contributed by atoms with Crippen molar-refractivity contribution < 1.29 is 14.3 Å². The second kappa shape index (κ2) is 8.02. The summed E-state index contributed by atoms with van der Waals surface area (Å²) < 4.78 is 6.01. The molecule has 1 aromatic heterocycles. The van der Waals surface area contributed by atoms with Crippen LogP contribution in [0.15, 0.2) is 28.7 Å². The number of fused-ring (bicyclic) bond motifs is 1. The number of aryl methyl sites for hydroxylation is 1. The van der Waals surface area contributed by atoms with Gasteiger partial charge in [0, 0.05) is 30.0 Å². The molecule has 0 unspecified atom stereocenters. The number of piperidine rings is 1. The number of hydrogen-bond donors (Lipinski definition) is 1. The SMILES string of the molecule is CCc1oc2ccccc2c1CN1CCC(N(CC)CC(=O)O)CC1. The van der Waals surface area contributed by atoms with Gasteiger partial charge < -0.3 is 9.52 Å². The Kier molecular flexibility index (Phi) is 5.76. The van der Waals surface area contributed by atoms with E-state index in [0.29, 0.717) is 6.04 Å². The van der Waals surface area contributed by atoms with Gasteiger partial charge in [-0.2, -0.15) is 0 Å². The maximum atomic E-state index is 11.0. The van der Waals surface area contributed by atoms with Crippen molar-refractivity contribution in [3.05, 3.63) is 35.6 Å². The van der Waals surface area contributed by atoms with Crippen LogP contribution >= 0.6 is 0 Å². The van der Waals surface area contributed by atoms with E-state index in [9.17, 15) is 4.79 Å². The molecular weight excluding hydrogens is 316 g/mol. The molecule has 0 amide bonds. The van der Waals surface area contributed by atoms with Crippen molar-refractivity contribution in [2.45, 2.75) is 45.7 Å². The zero-order valence-corrected chi connectivity index (χ0v) is 15.2. The molecule has 1 fully saturated rings. The van der Waals surface area contributed by atoms with Gasteiger partial charge in [0.05, 0.1) is 6.54 Å². The third-order valence-corrected chi connectivity index (χ3v) is 5.30. The minimum absolute atomic E-state index is 0.146. The summed E-state index contributed by atoms with van der Waals surface area (Å²) in [5.74, 6) is 0.353. The highest BCUT2D eigenvalue weighted by molar-refractivity contribution is 5.82. The number of likely N-dealkylation sites (N-methyl/N-ethyl adjacent to an activating group) is 1. The first kappa shape index (κ1) is 18.0. The number of hydrogen-bond acceptors (Lipinski definition) is 4. The highest BCUT2D eigenvalue weighted by atomic mass is 16.4. The lowest BCUT2D eigenvalue weighted by Crippen LogP contribution is -2.46. The monoisotopic (exact) mass is 344 g/mol. The third-order valence-electron chi connectivity index (χ3n) is 5.30. The lowest BCUT2D eigenvalue weighted by Gasteiger charge is -2.37. The molecule has 0 saturated carbocycles. The molecule has 1 aromatic carbocycles. The lowest BCUT2D eigenvalue weighted by molar-refractivity contribution is -0.139. The van der Waals surface area contributed by atoms with E-state index in [1.807, 2.05) is 19.1 Å². The second-order valence-corrected chi connectivity index (χ2v) is 6.82. The highest BCUT2D eigenvalue weighted by Gasteiger charge is 2.26. The molecule has 0 aliphatic carbocycles.